The first-order valence-electron chi connectivity index (χ1n) is 7.84. The van der Waals surface area contributed by atoms with Crippen molar-refractivity contribution in [1.29, 1.82) is 0 Å². The Kier molecular flexibility index (Phi) is 4.29. The minimum Gasteiger partial charge on any atom is -0.392 e. The predicted octanol–water partition coefficient (Wildman–Crippen LogP) is 2.20. The van der Waals surface area contributed by atoms with E-state index in [1.54, 1.807) is 0 Å². The minimum absolute atomic E-state index is 0.102. The number of hydrogen-bond donors (Lipinski definition) is 1. The molecule has 0 amide bonds. The van der Waals surface area contributed by atoms with E-state index in [1.807, 2.05) is 0 Å². The van der Waals surface area contributed by atoms with Crippen LogP contribution in [0.15, 0.2) is 0 Å². The summed E-state index contributed by atoms with van der Waals surface area (Å²) in [4.78, 5) is 5.01. The summed E-state index contributed by atoms with van der Waals surface area (Å²) in [5.41, 5.74) is 0.360. The van der Waals surface area contributed by atoms with Crippen LogP contribution in [0.2, 0.25) is 0 Å². The van der Waals surface area contributed by atoms with Gasteiger partial charge in [0.2, 0.25) is 0 Å². The van der Waals surface area contributed by atoms with Gasteiger partial charge in [-0.1, -0.05) is 20.3 Å². The second-order valence-corrected chi connectivity index (χ2v) is 8.05. The predicted molar refractivity (Wildman–Crippen MR) is 80.3 cm³/mol. The van der Waals surface area contributed by atoms with Gasteiger partial charge in [-0.15, -0.1) is 0 Å². The van der Waals surface area contributed by atoms with Gasteiger partial charge in [-0.3, -0.25) is 9.80 Å². The molecule has 1 heterocycles. The first kappa shape index (κ1) is 15.3. The molecule has 0 radical (unpaired) electrons. The molecule has 2 unspecified atom stereocenters. The Morgan fingerprint density at radius 2 is 1.84 bits per heavy atom. The summed E-state index contributed by atoms with van der Waals surface area (Å²) in [5.74, 6) is 0.461. The van der Waals surface area contributed by atoms with Crippen LogP contribution in [0, 0.1) is 11.3 Å². The smallest absolute Gasteiger partial charge is 0.0631 e. The molecule has 0 aromatic heterocycles. The number of nitrogens with zero attached hydrogens (tertiary/aromatic N) is 2. The highest BCUT2D eigenvalue weighted by molar-refractivity contribution is 4.93. The molecule has 3 heteroatoms. The Bertz CT molecular complexity index is 314. The van der Waals surface area contributed by atoms with Gasteiger partial charge in [-0.25, -0.2) is 0 Å². The molecule has 1 aliphatic carbocycles. The summed E-state index contributed by atoms with van der Waals surface area (Å²) in [7, 11) is 2.22. The summed E-state index contributed by atoms with van der Waals surface area (Å²) < 4.78 is 0. The number of hydrogen-bond acceptors (Lipinski definition) is 3. The van der Waals surface area contributed by atoms with Gasteiger partial charge in [-0.05, 0) is 45.1 Å². The third-order valence-electron chi connectivity index (χ3n) is 5.53. The van der Waals surface area contributed by atoms with E-state index in [9.17, 15) is 5.11 Å². The zero-order valence-electron chi connectivity index (χ0n) is 13.4. The molecule has 0 aromatic carbocycles. The zero-order valence-corrected chi connectivity index (χ0v) is 13.4. The highest BCUT2D eigenvalue weighted by atomic mass is 16.3. The molecule has 2 aliphatic rings. The van der Waals surface area contributed by atoms with E-state index < -0.39 is 0 Å². The standard InChI is InChI=1S/C16H32N2O/c1-15(2)8-6-7-13(14(15)19)11-18-10-9-17(5)16(3,4)12-18/h13-14,19H,6-12H2,1-5H3. The Balaban J connectivity index is 1.94. The van der Waals surface area contributed by atoms with Gasteiger partial charge >= 0.3 is 0 Å². The van der Waals surface area contributed by atoms with Crippen molar-refractivity contribution in [2.45, 2.75) is 58.6 Å². The average molecular weight is 268 g/mol. The maximum Gasteiger partial charge on any atom is 0.0631 e. The van der Waals surface area contributed by atoms with Gasteiger partial charge in [0.25, 0.3) is 0 Å². The quantitative estimate of drug-likeness (QED) is 0.832. The summed E-state index contributed by atoms with van der Waals surface area (Å²) >= 11 is 0. The van der Waals surface area contributed by atoms with Crippen molar-refractivity contribution in [2.24, 2.45) is 11.3 Å². The van der Waals surface area contributed by atoms with Crippen molar-refractivity contribution in [1.82, 2.24) is 9.80 Å². The fourth-order valence-corrected chi connectivity index (χ4v) is 3.78. The van der Waals surface area contributed by atoms with Gasteiger partial charge in [0.1, 0.15) is 0 Å². The lowest BCUT2D eigenvalue weighted by Gasteiger charge is -2.48. The minimum atomic E-state index is -0.135. The normalized spacial score (nSPS) is 36.3. The molecule has 112 valence electrons. The SMILES string of the molecule is CN1CCN(CC2CCCC(C)(C)C2O)CC1(C)C. The second-order valence-electron chi connectivity index (χ2n) is 8.05. The summed E-state index contributed by atoms with van der Waals surface area (Å²) in [5, 5.41) is 10.6. The van der Waals surface area contributed by atoms with Crippen molar-refractivity contribution < 1.29 is 5.11 Å². The average Bonchev–Trinajstić information content (AvgIpc) is 2.29. The third-order valence-corrected chi connectivity index (χ3v) is 5.53. The molecule has 0 bridgehead atoms. The first-order valence-corrected chi connectivity index (χ1v) is 7.84. The molecule has 2 fully saturated rings. The van der Waals surface area contributed by atoms with Crippen LogP contribution in [0.4, 0.5) is 0 Å². The molecular weight excluding hydrogens is 236 g/mol. The molecule has 1 aliphatic heterocycles. The van der Waals surface area contributed by atoms with Gasteiger partial charge in [-0.2, -0.15) is 0 Å². The Labute approximate surface area is 119 Å². The van der Waals surface area contributed by atoms with E-state index in [2.05, 4.69) is 44.5 Å². The largest absolute Gasteiger partial charge is 0.392 e. The molecular formula is C16H32N2O. The highest BCUT2D eigenvalue weighted by Crippen LogP contribution is 2.39. The molecule has 2 rings (SSSR count). The lowest BCUT2D eigenvalue weighted by atomic mass is 9.69. The van der Waals surface area contributed by atoms with Crippen molar-refractivity contribution in [3.63, 3.8) is 0 Å². The molecule has 3 nitrogen and oxygen atoms in total. The molecule has 1 saturated carbocycles. The maximum atomic E-state index is 10.6. The van der Waals surface area contributed by atoms with Crippen molar-refractivity contribution in [2.75, 3.05) is 33.2 Å². The van der Waals surface area contributed by atoms with Crippen LogP contribution in [-0.2, 0) is 0 Å². The van der Waals surface area contributed by atoms with Crippen molar-refractivity contribution in [3.8, 4) is 0 Å². The number of piperazine rings is 1. The van der Waals surface area contributed by atoms with Crippen LogP contribution >= 0.6 is 0 Å². The van der Waals surface area contributed by atoms with Gasteiger partial charge in [0.05, 0.1) is 6.10 Å². The highest BCUT2D eigenvalue weighted by Gasteiger charge is 2.39. The topological polar surface area (TPSA) is 26.7 Å². The van der Waals surface area contributed by atoms with Crippen LogP contribution in [0.5, 0.6) is 0 Å². The Morgan fingerprint density at radius 1 is 1.16 bits per heavy atom. The van der Waals surface area contributed by atoms with E-state index in [4.69, 9.17) is 0 Å². The summed E-state index contributed by atoms with van der Waals surface area (Å²) in [6.07, 6.45) is 3.49. The number of aliphatic hydroxyl groups excluding tert-OH is 1. The zero-order chi connectivity index (χ0) is 14.3. The second kappa shape index (κ2) is 5.34. The fourth-order valence-electron chi connectivity index (χ4n) is 3.78. The van der Waals surface area contributed by atoms with Crippen LogP contribution in [0.25, 0.3) is 0 Å². The number of aliphatic hydroxyl groups is 1. The monoisotopic (exact) mass is 268 g/mol. The molecule has 2 atom stereocenters. The van der Waals surface area contributed by atoms with E-state index in [-0.39, 0.29) is 17.1 Å². The van der Waals surface area contributed by atoms with E-state index in [0.717, 1.165) is 26.2 Å². The number of rotatable bonds is 2. The molecule has 0 spiro atoms. The third kappa shape index (κ3) is 3.32. The van der Waals surface area contributed by atoms with Gasteiger partial charge in [0, 0.05) is 31.7 Å². The first-order chi connectivity index (χ1) is 8.72. The Hall–Kier alpha value is -0.120. The lowest BCUT2D eigenvalue weighted by molar-refractivity contribution is -0.0545. The van der Waals surface area contributed by atoms with Gasteiger partial charge in [0.15, 0.2) is 0 Å². The lowest BCUT2D eigenvalue weighted by Crippen LogP contribution is -2.59. The summed E-state index contributed by atoms with van der Waals surface area (Å²) in [6.45, 7) is 13.5. The van der Waals surface area contributed by atoms with Crippen LogP contribution in [0.1, 0.15) is 47.0 Å². The fraction of sp³-hybridized carbons (Fsp3) is 1.00. The van der Waals surface area contributed by atoms with E-state index in [0.29, 0.717) is 5.92 Å². The van der Waals surface area contributed by atoms with Crippen LogP contribution in [-0.4, -0.2) is 59.8 Å². The van der Waals surface area contributed by atoms with Crippen LogP contribution in [0.3, 0.4) is 0 Å². The molecule has 1 saturated heterocycles. The van der Waals surface area contributed by atoms with Crippen LogP contribution < -0.4 is 0 Å². The number of likely N-dealkylation sites (N-methyl/N-ethyl adjacent to an activating group) is 1. The maximum absolute atomic E-state index is 10.6. The van der Waals surface area contributed by atoms with E-state index in [1.165, 1.54) is 19.3 Å². The molecule has 19 heavy (non-hydrogen) atoms. The van der Waals surface area contributed by atoms with Crippen molar-refractivity contribution in [3.05, 3.63) is 0 Å². The van der Waals surface area contributed by atoms with Gasteiger partial charge < -0.3 is 5.11 Å². The molecule has 0 aromatic rings. The molecule has 1 N–H and O–H groups in total. The van der Waals surface area contributed by atoms with E-state index >= 15 is 0 Å². The Morgan fingerprint density at radius 3 is 2.47 bits per heavy atom. The summed E-state index contributed by atoms with van der Waals surface area (Å²) in [6, 6.07) is 0. The van der Waals surface area contributed by atoms with Crippen molar-refractivity contribution >= 4 is 0 Å².